The molecule has 0 bridgehead atoms. The van der Waals surface area contributed by atoms with E-state index < -0.39 is 10.8 Å². The first-order chi connectivity index (χ1) is 9.06. The second kappa shape index (κ2) is 6.06. The molecule has 0 spiro atoms. The maximum absolute atomic E-state index is 12.7. The molecular weight excluding hydrogens is 258 g/mol. The van der Waals surface area contributed by atoms with Gasteiger partial charge in [0.1, 0.15) is 12.4 Å². The lowest BCUT2D eigenvalue weighted by molar-refractivity contribution is 0.261. The second-order valence-electron chi connectivity index (χ2n) is 5.43. The fourth-order valence-corrected chi connectivity index (χ4v) is 4.26. The molecule has 19 heavy (non-hydrogen) atoms. The molecule has 0 fully saturated rings. The van der Waals surface area contributed by atoms with Crippen LogP contribution in [-0.2, 0) is 10.8 Å². The van der Waals surface area contributed by atoms with Crippen LogP contribution in [0.15, 0.2) is 24.3 Å². The summed E-state index contributed by atoms with van der Waals surface area (Å²) in [6.07, 6.45) is 0. The first kappa shape index (κ1) is 14.5. The van der Waals surface area contributed by atoms with Crippen molar-refractivity contribution in [3.63, 3.8) is 0 Å². The van der Waals surface area contributed by atoms with Crippen molar-refractivity contribution >= 4 is 10.8 Å². The van der Waals surface area contributed by atoms with E-state index in [9.17, 15) is 4.21 Å². The first-order valence-electron chi connectivity index (χ1n) is 6.84. The topological polar surface area (TPSA) is 38.3 Å². The van der Waals surface area contributed by atoms with Gasteiger partial charge in [0.05, 0.1) is 11.3 Å². The molecule has 4 heteroatoms. The van der Waals surface area contributed by atoms with E-state index >= 15 is 0 Å². The van der Waals surface area contributed by atoms with Gasteiger partial charge in [-0.2, -0.15) is 0 Å². The van der Waals surface area contributed by atoms with Crippen molar-refractivity contribution in [2.45, 2.75) is 37.3 Å². The Kier molecular flexibility index (Phi) is 4.63. The number of benzene rings is 1. The van der Waals surface area contributed by atoms with Crippen molar-refractivity contribution in [2.24, 2.45) is 5.92 Å². The molecule has 4 atom stereocenters. The fourth-order valence-electron chi connectivity index (χ4n) is 2.42. The lowest BCUT2D eigenvalue weighted by Crippen LogP contribution is -2.43. The van der Waals surface area contributed by atoms with Gasteiger partial charge in [0.2, 0.25) is 0 Å². The molecule has 1 heterocycles. The van der Waals surface area contributed by atoms with E-state index in [4.69, 9.17) is 4.74 Å². The summed E-state index contributed by atoms with van der Waals surface area (Å²) in [5.74, 6) is 1.32. The van der Waals surface area contributed by atoms with E-state index in [2.05, 4.69) is 32.2 Å². The van der Waals surface area contributed by atoms with Crippen molar-refractivity contribution in [1.82, 2.24) is 5.32 Å². The van der Waals surface area contributed by atoms with Gasteiger partial charge in [0.25, 0.3) is 0 Å². The fraction of sp³-hybridized carbons (Fsp3) is 0.600. The molecule has 0 saturated heterocycles. The summed E-state index contributed by atoms with van der Waals surface area (Å²) < 4.78 is 18.5. The van der Waals surface area contributed by atoms with Gasteiger partial charge < -0.3 is 10.1 Å². The minimum atomic E-state index is -0.906. The van der Waals surface area contributed by atoms with Crippen molar-refractivity contribution in [1.29, 1.82) is 0 Å². The Morgan fingerprint density at radius 2 is 2.00 bits per heavy atom. The Morgan fingerprint density at radius 3 is 2.63 bits per heavy atom. The highest BCUT2D eigenvalue weighted by molar-refractivity contribution is 7.86. The summed E-state index contributed by atoms with van der Waals surface area (Å²) >= 11 is 0. The molecule has 4 unspecified atom stereocenters. The molecule has 106 valence electrons. The van der Waals surface area contributed by atoms with E-state index in [0.717, 1.165) is 11.3 Å². The quantitative estimate of drug-likeness (QED) is 0.921. The third kappa shape index (κ3) is 2.84. The number of ether oxygens (including phenoxy) is 1. The highest BCUT2D eigenvalue weighted by atomic mass is 32.2. The van der Waals surface area contributed by atoms with E-state index in [1.54, 1.807) is 0 Å². The first-order valence-corrected chi connectivity index (χ1v) is 8.12. The summed E-state index contributed by atoms with van der Waals surface area (Å²) in [6, 6.07) is 8.11. The normalized spacial score (nSPS) is 25.5. The standard InChI is InChI=1S/C15H23NO2S/c1-10(2)11(3)19(17)14-9-18-13-8-6-5-7-12(13)15(14)16-4/h5-8,10-11,14-16H,9H2,1-4H3. The summed E-state index contributed by atoms with van der Waals surface area (Å²) in [5, 5.41) is 3.50. The predicted molar refractivity (Wildman–Crippen MR) is 80.0 cm³/mol. The van der Waals surface area contributed by atoms with Crippen LogP contribution < -0.4 is 10.1 Å². The van der Waals surface area contributed by atoms with Gasteiger partial charge in [-0.3, -0.25) is 4.21 Å². The Balaban J connectivity index is 2.27. The van der Waals surface area contributed by atoms with E-state index in [0.29, 0.717) is 12.5 Å². The van der Waals surface area contributed by atoms with Crippen molar-refractivity contribution in [3.05, 3.63) is 29.8 Å². The number of rotatable bonds is 4. The summed E-state index contributed by atoms with van der Waals surface area (Å²) in [5.41, 5.74) is 1.12. The van der Waals surface area contributed by atoms with Crippen LogP contribution in [0.2, 0.25) is 0 Å². The molecule has 0 aliphatic carbocycles. The number of nitrogens with one attached hydrogen (secondary N) is 1. The average molecular weight is 281 g/mol. The zero-order chi connectivity index (χ0) is 14.0. The van der Waals surface area contributed by atoms with Crippen LogP contribution >= 0.6 is 0 Å². The van der Waals surface area contributed by atoms with Gasteiger partial charge >= 0.3 is 0 Å². The van der Waals surface area contributed by atoms with Crippen LogP contribution in [0.25, 0.3) is 0 Å². The Hall–Kier alpha value is -0.870. The van der Waals surface area contributed by atoms with Gasteiger partial charge in [0.15, 0.2) is 0 Å². The summed E-state index contributed by atoms with van der Waals surface area (Å²) in [7, 11) is 1.02. The highest BCUT2D eigenvalue weighted by Crippen LogP contribution is 2.35. The van der Waals surface area contributed by atoms with Gasteiger partial charge in [-0.15, -0.1) is 0 Å². The molecule has 0 saturated carbocycles. The smallest absolute Gasteiger partial charge is 0.124 e. The van der Waals surface area contributed by atoms with Crippen LogP contribution in [-0.4, -0.2) is 28.4 Å². The van der Waals surface area contributed by atoms with Crippen LogP contribution in [0.4, 0.5) is 0 Å². The molecule has 3 nitrogen and oxygen atoms in total. The highest BCUT2D eigenvalue weighted by Gasteiger charge is 2.36. The third-order valence-electron chi connectivity index (χ3n) is 3.94. The van der Waals surface area contributed by atoms with Crippen molar-refractivity contribution in [2.75, 3.05) is 13.7 Å². The monoisotopic (exact) mass is 281 g/mol. The molecule has 1 N–H and O–H groups in total. The van der Waals surface area contributed by atoms with E-state index in [-0.39, 0.29) is 16.5 Å². The maximum Gasteiger partial charge on any atom is 0.124 e. The zero-order valence-corrected chi connectivity index (χ0v) is 12.9. The van der Waals surface area contributed by atoms with Gasteiger partial charge in [-0.25, -0.2) is 0 Å². The zero-order valence-electron chi connectivity index (χ0n) is 12.1. The molecule has 0 radical (unpaired) electrons. The number of fused-ring (bicyclic) bond motifs is 1. The number of para-hydroxylation sites is 1. The largest absolute Gasteiger partial charge is 0.492 e. The SMILES string of the molecule is CNC1c2ccccc2OCC1S(=O)C(C)C(C)C. The average Bonchev–Trinajstić information content (AvgIpc) is 2.44. The van der Waals surface area contributed by atoms with Crippen LogP contribution in [0.1, 0.15) is 32.4 Å². The lowest BCUT2D eigenvalue weighted by Gasteiger charge is -2.34. The Bertz CT molecular complexity index is 461. The summed E-state index contributed by atoms with van der Waals surface area (Å²) in [4.78, 5) is 0. The molecule has 0 amide bonds. The minimum Gasteiger partial charge on any atom is -0.492 e. The van der Waals surface area contributed by atoms with E-state index in [1.807, 2.05) is 25.2 Å². The van der Waals surface area contributed by atoms with Gasteiger partial charge in [-0.1, -0.05) is 39.0 Å². The second-order valence-corrected chi connectivity index (χ2v) is 7.44. The molecule has 0 aromatic heterocycles. The molecular formula is C15H23NO2S. The maximum atomic E-state index is 12.7. The summed E-state index contributed by atoms with van der Waals surface area (Å²) in [6.45, 7) is 6.82. The minimum absolute atomic E-state index is 0.0114. The van der Waals surface area contributed by atoms with Crippen LogP contribution in [0.5, 0.6) is 5.75 Å². The van der Waals surface area contributed by atoms with Gasteiger partial charge in [-0.05, 0) is 19.0 Å². The van der Waals surface area contributed by atoms with Gasteiger partial charge in [0, 0.05) is 21.6 Å². The Morgan fingerprint density at radius 1 is 1.32 bits per heavy atom. The molecule has 1 aromatic carbocycles. The van der Waals surface area contributed by atoms with Crippen molar-refractivity contribution < 1.29 is 8.95 Å². The molecule has 1 aromatic rings. The molecule has 1 aliphatic heterocycles. The van der Waals surface area contributed by atoms with Crippen LogP contribution in [0, 0.1) is 5.92 Å². The van der Waals surface area contributed by atoms with E-state index in [1.165, 1.54) is 0 Å². The van der Waals surface area contributed by atoms with Crippen molar-refractivity contribution in [3.8, 4) is 5.75 Å². The van der Waals surface area contributed by atoms with Crippen LogP contribution in [0.3, 0.4) is 0 Å². The predicted octanol–water partition coefficient (Wildman–Crippen LogP) is 2.50. The number of hydrogen-bond acceptors (Lipinski definition) is 3. The number of hydrogen-bond donors (Lipinski definition) is 1. The third-order valence-corrected chi connectivity index (χ3v) is 6.23. The molecule has 2 rings (SSSR count). The lowest BCUT2D eigenvalue weighted by atomic mass is 10.0. The molecule has 1 aliphatic rings. The Labute approximate surface area is 118 Å².